The topological polar surface area (TPSA) is 12.0 Å². The van der Waals surface area contributed by atoms with Crippen molar-refractivity contribution in [3.63, 3.8) is 0 Å². The molecule has 0 aromatic rings. The maximum absolute atomic E-state index is 4.04. The van der Waals surface area contributed by atoms with Crippen LogP contribution in [0.25, 0.3) is 0 Å². The van der Waals surface area contributed by atoms with Crippen LogP contribution in [-0.2, 0) is 0 Å². The van der Waals surface area contributed by atoms with Crippen molar-refractivity contribution in [3.8, 4) is 0 Å². The molecular formula is C18H27N. The van der Waals surface area contributed by atoms with E-state index in [1.54, 1.807) is 0 Å². The third-order valence-corrected chi connectivity index (χ3v) is 2.87. The molecule has 0 aliphatic carbocycles. The Morgan fingerprint density at radius 1 is 1.11 bits per heavy atom. The molecule has 0 aliphatic heterocycles. The van der Waals surface area contributed by atoms with E-state index in [-0.39, 0.29) is 0 Å². The van der Waals surface area contributed by atoms with Gasteiger partial charge >= 0.3 is 0 Å². The third-order valence-electron chi connectivity index (χ3n) is 2.87. The van der Waals surface area contributed by atoms with Gasteiger partial charge in [0.25, 0.3) is 0 Å². The number of hydrogen-bond donors (Lipinski definition) is 1. The average Bonchev–Trinajstić information content (AvgIpc) is 2.42. The smallest absolute Gasteiger partial charge is 0.00277 e. The highest BCUT2D eigenvalue weighted by molar-refractivity contribution is 5.41. The summed E-state index contributed by atoms with van der Waals surface area (Å²) in [6.07, 6.45) is 14.3. The fraction of sp³-hybridized carbons (Fsp3) is 0.333. The first-order valence-electron chi connectivity index (χ1n) is 6.82. The fourth-order valence-electron chi connectivity index (χ4n) is 1.54. The van der Waals surface area contributed by atoms with Crippen LogP contribution in [0.15, 0.2) is 72.0 Å². The van der Waals surface area contributed by atoms with E-state index in [0.29, 0.717) is 0 Å². The minimum Gasteiger partial charge on any atom is -0.394 e. The van der Waals surface area contributed by atoms with Gasteiger partial charge in [0.1, 0.15) is 0 Å². The molecule has 0 fully saturated rings. The second-order valence-corrected chi connectivity index (χ2v) is 4.39. The lowest BCUT2D eigenvalue weighted by Gasteiger charge is -2.02. The first kappa shape index (κ1) is 17.2. The van der Waals surface area contributed by atoms with Gasteiger partial charge in [0.05, 0.1) is 0 Å². The lowest BCUT2D eigenvalue weighted by atomic mass is 10.0. The normalized spacial score (nSPS) is 13.8. The van der Waals surface area contributed by atoms with Crippen molar-refractivity contribution in [2.75, 3.05) is 7.05 Å². The average molecular weight is 257 g/mol. The molecule has 1 N–H and O–H groups in total. The molecule has 0 saturated heterocycles. The largest absolute Gasteiger partial charge is 0.394 e. The monoisotopic (exact) mass is 257 g/mol. The molecule has 104 valence electrons. The van der Waals surface area contributed by atoms with E-state index in [1.165, 1.54) is 11.1 Å². The van der Waals surface area contributed by atoms with Gasteiger partial charge in [-0.15, -0.1) is 0 Å². The van der Waals surface area contributed by atoms with Gasteiger partial charge in [0.15, 0.2) is 0 Å². The predicted octanol–water partition coefficient (Wildman–Crippen LogP) is 5.08. The first-order chi connectivity index (χ1) is 9.08. The molecule has 19 heavy (non-hydrogen) atoms. The van der Waals surface area contributed by atoms with Crippen molar-refractivity contribution >= 4 is 0 Å². The van der Waals surface area contributed by atoms with Gasteiger partial charge in [-0.25, -0.2) is 0 Å². The summed E-state index contributed by atoms with van der Waals surface area (Å²) >= 11 is 0. The summed E-state index contributed by atoms with van der Waals surface area (Å²) in [6.45, 7) is 14.2. The maximum atomic E-state index is 4.04. The van der Waals surface area contributed by atoms with E-state index in [1.807, 2.05) is 19.3 Å². The summed E-state index contributed by atoms with van der Waals surface area (Å²) in [5.74, 6) is 0. The summed E-state index contributed by atoms with van der Waals surface area (Å²) in [7, 11) is 1.91. The molecule has 0 bridgehead atoms. The molecule has 0 aromatic carbocycles. The zero-order valence-corrected chi connectivity index (χ0v) is 12.8. The Morgan fingerprint density at radius 2 is 1.79 bits per heavy atom. The molecular weight excluding hydrogens is 230 g/mol. The standard InChI is InChI=1S/C18H27N/c1-7-16(5)18(9-3)13-12-17(8-2)11-10-15(4)14-19-6/h9-14,19H,3,5,7-8H2,1-2,4,6H3/b11-10-,15-14+,17-12+,18-13+. The van der Waals surface area contributed by atoms with Crippen LogP contribution in [0.1, 0.15) is 33.6 Å². The molecule has 0 radical (unpaired) electrons. The van der Waals surface area contributed by atoms with Crippen molar-refractivity contribution in [1.29, 1.82) is 0 Å². The van der Waals surface area contributed by atoms with Crippen LogP contribution in [0.5, 0.6) is 0 Å². The molecule has 0 rings (SSSR count). The summed E-state index contributed by atoms with van der Waals surface area (Å²) in [5, 5.41) is 3.02. The summed E-state index contributed by atoms with van der Waals surface area (Å²) in [5.41, 5.74) is 4.72. The van der Waals surface area contributed by atoms with Gasteiger partial charge in [-0.05, 0) is 48.3 Å². The van der Waals surface area contributed by atoms with Gasteiger partial charge in [0.2, 0.25) is 0 Å². The highest BCUT2D eigenvalue weighted by Crippen LogP contribution is 2.14. The van der Waals surface area contributed by atoms with E-state index in [2.05, 4.69) is 63.5 Å². The highest BCUT2D eigenvalue weighted by Gasteiger charge is 1.94. The van der Waals surface area contributed by atoms with Gasteiger partial charge in [-0.3, -0.25) is 0 Å². The van der Waals surface area contributed by atoms with E-state index in [4.69, 9.17) is 0 Å². The summed E-state index contributed by atoms with van der Waals surface area (Å²) < 4.78 is 0. The third kappa shape index (κ3) is 7.30. The SMILES string of the molecule is C=C\C(=C/C=C(/C=C\C(C)=C\NC)CC)C(=C)CC. The van der Waals surface area contributed by atoms with Crippen LogP contribution in [0, 0.1) is 0 Å². The fourth-order valence-corrected chi connectivity index (χ4v) is 1.54. The highest BCUT2D eigenvalue weighted by atomic mass is 14.8. The van der Waals surface area contributed by atoms with Crippen molar-refractivity contribution in [1.82, 2.24) is 5.32 Å². The molecule has 0 aliphatic rings. The van der Waals surface area contributed by atoms with Crippen LogP contribution in [0.4, 0.5) is 0 Å². The van der Waals surface area contributed by atoms with Crippen molar-refractivity contribution in [2.24, 2.45) is 0 Å². The Kier molecular flexibility index (Phi) is 9.25. The number of rotatable bonds is 8. The number of nitrogens with one attached hydrogen (secondary N) is 1. The Bertz CT molecular complexity index is 417. The molecule has 1 nitrogen and oxygen atoms in total. The van der Waals surface area contributed by atoms with Gasteiger partial charge < -0.3 is 5.32 Å². The van der Waals surface area contributed by atoms with Crippen LogP contribution >= 0.6 is 0 Å². The van der Waals surface area contributed by atoms with Crippen LogP contribution < -0.4 is 5.32 Å². The van der Waals surface area contributed by atoms with Crippen molar-refractivity contribution < 1.29 is 0 Å². The Hall–Kier alpha value is -1.76. The minimum absolute atomic E-state index is 0.951. The zero-order valence-electron chi connectivity index (χ0n) is 12.8. The molecule has 0 atom stereocenters. The Labute approximate surface area is 118 Å². The first-order valence-corrected chi connectivity index (χ1v) is 6.82. The lowest BCUT2D eigenvalue weighted by molar-refractivity contribution is 1.08. The second kappa shape index (κ2) is 10.2. The molecule has 0 saturated carbocycles. The van der Waals surface area contributed by atoms with Crippen LogP contribution in [-0.4, -0.2) is 7.05 Å². The van der Waals surface area contributed by atoms with E-state index in [9.17, 15) is 0 Å². The van der Waals surface area contributed by atoms with E-state index >= 15 is 0 Å². The van der Waals surface area contributed by atoms with Gasteiger partial charge in [0, 0.05) is 7.05 Å². The summed E-state index contributed by atoms with van der Waals surface area (Å²) in [6, 6.07) is 0. The lowest BCUT2D eigenvalue weighted by Crippen LogP contribution is -1.92. The molecule has 0 unspecified atom stereocenters. The van der Waals surface area contributed by atoms with Crippen LogP contribution in [0.2, 0.25) is 0 Å². The van der Waals surface area contributed by atoms with Crippen molar-refractivity contribution in [2.45, 2.75) is 33.6 Å². The second-order valence-electron chi connectivity index (χ2n) is 4.39. The molecule has 0 aromatic heterocycles. The predicted molar refractivity (Wildman–Crippen MR) is 88.0 cm³/mol. The maximum Gasteiger partial charge on any atom is 0.00277 e. The molecule has 0 heterocycles. The van der Waals surface area contributed by atoms with Crippen molar-refractivity contribution in [3.05, 3.63) is 72.0 Å². The quantitative estimate of drug-likeness (QED) is 0.598. The Balaban J connectivity index is 5.00. The van der Waals surface area contributed by atoms with E-state index in [0.717, 1.165) is 24.0 Å². The van der Waals surface area contributed by atoms with Gasteiger partial charge in [-0.2, -0.15) is 0 Å². The van der Waals surface area contributed by atoms with Gasteiger partial charge in [-0.1, -0.05) is 57.4 Å². The number of hydrogen-bond acceptors (Lipinski definition) is 1. The minimum atomic E-state index is 0.951. The zero-order chi connectivity index (χ0) is 14.7. The molecule has 0 amide bonds. The molecule has 0 spiro atoms. The summed E-state index contributed by atoms with van der Waals surface area (Å²) in [4.78, 5) is 0. The van der Waals surface area contributed by atoms with Crippen LogP contribution in [0.3, 0.4) is 0 Å². The van der Waals surface area contributed by atoms with E-state index < -0.39 is 0 Å². The Morgan fingerprint density at radius 3 is 2.26 bits per heavy atom. The number of allylic oxidation sites excluding steroid dienone is 9. The molecule has 1 heteroatoms.